The van der Waals surface area contributed by atoms with E-state index < -0.39 is 12.5 Å². The van der Waals surface area contributed by atoms with Crippen molar-refractivity contribution in [2.24, 2.45) is 0 Å². The lowest BCUT2D eigenvalue weighted by Crippen LogP contribution is -2.35. The first-order valence-electron chi connectivity index (χ1n) is 5.92. The van der Waals surface area contributed by atoms with E-state index in [0.29, 0.717) is 6.61 Å². The molecule has 1 aliphatic heterocycles. The molecule has 102 valence electrons. The fraction of sp³-hybridized carbons (Fsp3) is 1.00. The molecule has 1 fully saturated rings. The van der Waals surface area contributed by atoms with Gasteiger partial charge >= 0.3 is 0 Å². The molecule has 0 aromatic rings. The van der Waals surface area contributed by atoms with Gasteiger partial charge in [-0.1, -0.05) is 0 Å². The van der Waals surface area contributed by atoms with Crippen LogP contribution in [0.1, 0.15) is 12.8 Å². The maximum absolute atomic E-state index is 12.0. The van der Waals surface area contributed by atoms with Gasteiger partial charge in [-0.05, 0) is 19.9 Å². The van der Waals surface area contributed by atoms with E-state index >= 15 is 0 Å². The summed E-state index contributed by atoms with van der Waals surface area (Å²) < 4.78 is 34.7. The summed E-state index contributed by atoms with van der Waals surface area (Å²) in [6, 6.07) is 0. The molecule has 2 atom stereocenters. The van der Waals surface area contributed by atoms with Crippen LogP contribution in [0.4, 0.5) is 8.78 Å². The van der Waals surface area contributed by atoms with E-state index in [0.717, 1.165) is 19.4 Å². The third-order valence-corrected chi connectivity index (χ3v) is 2.61. The quantitative estimate of drug-likeness (QED) is 0.693. The second kappa shape index (κ2) is 7.92. The Labute approximate surface area is 100 Å². The lowest BCUT2D eigenvalue weighted by Gasteiger charge is -2.20. The van der Waals surface area contributed by atoms with Crippen LogP contribution in [0.2, 0.25) is 0 Å². The summed E-state index contributed by atoms with van der Waals surface area (Å²) >= 11 is 0. The van der Waals surface area contributed by atoms with Gasteiger partial charge in [0.15, 0.2) is 0 Å². The smallest absolute Gasteiger partial charge is 0.251 e. The van der Waals surface area contributed by atoms with Gasteiger partial charge in [-0.25, -0.2) is 8.78 Å². The van der Waals surface area contributed by atoms with Crippen LogP contribution in [0, 0.1) is 0 Å². The van der Waals surface area contributed by atoms with Crippen LogP contribution in [0.3, 0.4) is 0 Å². The number of hydrogen-bond donors (Lipinski definition) is 1. The van der Waals surface area contributed by atoms with Crippen molar-refractivity contribution in [2.75, 3.05) is 40.0 Å². The Morgan fingerprint density at radius 1 is 1.47 bits per heavy atom. The molecule has 2 unspecified atom stereocenters. The normalized spacial score (nSPS) is 22.6. The first-order valence-corrected chi connectivity index (χ1v) is 5.92. The predicted molar refractivity (Wildman–Crippen MR) is 59.3 cm³/mol. The average molecular weight is 253 g/mol. The Kier molecular flexibility index (Phi) is 6.87. The molecule has 1 N–H and O–H groups in total. The molecule has 4 nitrogen and oxygen atoms in total. The van der Waals surface area contributed by atoms with Crippen molar-refractivity contribution in [1.82, 2.24) is 4.90 Å². The molecule has 0 bridgehead atoms. The van der Waals surface area contributed by atoms with Crippen molar-refractivity contribution in [1.29, 1.82) is 0 Å². The molecule has 0 aromatic carbocycles. The molecule has 0 aromatic heterocycles. The largest absolute Gasteiger partial charge is 0.389 e. The minimum absolute atomic E-state index is 0.126. The molecule has 0 aliphatic carbocycles. The van der Waals surface area contributed by atoms with Crippen molar-refractivity contribution in [3.63, 3.8) is 0 Å². The topological polar surface area (TPSA) is 41.9 Å². The fourth-order valence-corrected chi connectivity index (χ4v) is 1.83. The van der Waals surface area contributed by atoms with Gasteiger partial charge in [0.2, 0.25) is 0 Å². The molecular weight excluding hydrogens is 232 g/mol. The first-order chi connectivity index (χ1) is 8.08. The van der Waals surface area contributed by atoms with E-state index in [9.17, 15) is 13.9 Å². The molecule has 6 heteroatoms. The van der Waals surface area contributed by atoms with E-state index in [1.54, 1.807) is 7.05 Å². The zero-order valence-corrected chi connectivity index (χ0v) is 10.1. The van der Waals surface area contributed by atoms with Gasteiger partial charge in [-0.15, -0.1) is 0 Å². The summed E-state index contributed by atoms with van der Waals surface area (Å²) in [7, 11) is 1.55. The lowest BCUT2D eigenvalue weighted by atomic mass is 10.2. The summed E-state index contributed by atoms with van der Waals surface area (Å²) in [5.74, 6) is 0. The SMILES string of the molecule is CN(CC(F)F)CC(O)COCC1CCCO1. The van der Waals surface area contributed by atoms with E-state index in [1.807, 2.05) is 0 Å². The summed E-state index contributed by atoms with van der Waals surface area (Å²) in [6.07, 6.45) is -0.948. The second-order valence-electron chi connectivity index (χ2n) is 4.44. The zero-order valence-electron chi connectivity index (χ0n) is 10.1. The van der Waals surface area contributed by atoms with Gasteiger partial charge in [0.1, 0.15) is 0 Å². The highest BCUT2D eigenvalue weighted by atomic mass is 19.3. The van der Waals surface area contributed by atoms with Gasteiger partial charge < -0.3 is 14.6 Å². The van der Waals surface area contributed by atoms with E-state index in [-0.39, 0.29) is 25.8 Å². The minimum atomic E-state index is -2.37. The molecule has 1 saturated heterocycles. The number of ether oxygens (including phenoxy) is 2. The van der Waals surface area contributed by atoms with Gasteiger partial charge in [-0.2, -0.15) is 0 Å². The number of hydrogen-bond acceptors (Lipinski definition) is 4. The van der Waals surface area contributed by atoms with Crippen molar-refractivity contribution in [2.45, 2.75) is 31.5 Å². The average Bonchev–Trinajstić information content (AvgIpc) is 2.68. The summed E-state index contributed by atoms with van der Waals surface area (Å²) in [5, 5.41) is 9.55. The maximum atomic E-state index is 12.0. The van der Waals surface area contributed by atoms with Crippen LogP contribution in [0.15, 0.2) is 0 Å². The summed E-state index contributed by atoms with van der Waals surface area (Å²) in [5.41, 5.74) is 0. The highest BCUT2D eigenvalue weighted by Gasteiger charge is 2.17. The maximum Gasteiger partial charge on any atom is 0.251 e. The molecule has 0 amide bonds. The van der Waals surface area contributed by atoms with Crippen molar-refractivity contribution < 1.29 is 23.4 Å². The Morgan fingerprint density at radius 3 is 2.82 bits per heavy atom. The molecule has 1 rings (SSSR count). The fourth-order valence-electron chi connectivity index (χ4n) is 1.83. The van der Waals surface area contributed by atoms with Crippen molar-refractivity contribution >= 4 is 0 Å². The molecule has 0 saturated carbocycles. The predicted octanol–water partition coefficient (Wildman–Crippen LogP) is 0.740. The number of nitrogens with zero attached hydrogens (tertiary/aromatic N) is 1. The van der Waals surface area contributed by atoms with Crippen LogP contribution in [0.5, 0.6) is 0 Å². The van der Waals surface area contributed by atoms with Crippen LogP contribution in [0.25, 0.3) is 0 Å². The van der Waals surface area contributed by atoms with Crippen LogP contribution < -0.4 is 0 Å². The Morgan fingerprint density at radius 2 is 2.24 bits per heavy atom. The number of halogens is 2. The lowest BCUT2D eigenvalue weighted by molar-refractivity contribution is -0.0267. The highest BCUT2D eigenvalue weighted by Crippen LogP contribution is 2.11. The molecule has 0 radical (unpaired) electrons. The highest BCUT2D eigenvalue weighted by molar-refractivity contribution is 4.65. The standard InChI is InChI=1S/C11H21F2NO3/c1-14(6-11(12)13)5-9(15)7-16-8-10-3-2-4-17-10/h9-11,15H,2-8H2,1H3. The van der Waals surface area contributed by atoms with Crippen LogP contribution >= 0.6 is 0 Å². The number of aliphatic hydroxyl groups excluding tert-OH is 1. The van der Waals surface area contributed by atoms with Gasteiger partial charge in [0.25, 0.3) is 6.43 Å². The number of rotatable bonds is 8. The van der Waals surface area contributed by atoms with Gasteiger partial charge in [0, 0.05) is 13.2 Å². The number of aliphatic hydroxyl groups is 1. The van der Waals surface area contributed by atoms with E-state index in [2.05, 4.69) is 0 Å². The Bertz CT molecular complexity index is 201. The summed E-state index contributed by atoms with van der Waals surface area (Å²) in [6.45, 7) is 1.26. The number of alkyl halides is 2. The van der Waals surface area contributed by atoms with E-state index in [1.165, 1.54) is 4.90 Å². The Balaban J connectivity index is 2.01. The van der Waals surface area contributed by atoms with Crippen LogP contribution in [-0.2, 0) is 9.47 Å². The first kappa shape index (κ1) is 14.8. The molecule has 1 heterocycles. The monoisotopic (exact) mass is 253 g/mol. The van der Waals surface area contributed by atoms with Gasteiger partial charge in [0.05, 0.1) is 32.0 Å². The molecule has 17 heavy (non-hydrogen) atoms. The van der Waals surface area contributed by atoms with Crippen LogP contribution in [-0.4, -0.2) is 68.6 Å². The van der Waals surface area contributed by atoms with E-state index in [4.69, 9.17) is 9.47 Å². The minimum Gasteiger partial charge on any atom is -0.389 e. The molecule has 1 aliphatic rings. The third kappa shape index (κ3) is 6.88. The second-order valence-corrected chi connectivity index (χ2v) is 4.44. The van der Waals surface area contributed by atoms with Crippen molar-refractivity contribution in [3.05, 3.63) is 0 Å². The zero-order chi connectivity index (χ0) is 12.7. The van der Waals surface area contributed by atoms with Gasteiger partial charge in [-0.3, -0.25) is 4.90 Å². The Hall–Kier alpha value is -0.300. The molecular formula is C11H21F2NO3. The third-order valence-electron chi connectivity index (χ3n) is 2.61. The van der Waals surface area contributed by atoms with Crippen molar-refractivity contribution in [3.8, 4) is 0 Å². The number of likely N-dealkylation sites (N-methyl/N-ethyl adjacent to an activating group) is 1. The molecule has 0 spiro atoms. The summed E-state index contributed by atoms with van der Waals surface area (Å²) in [4.78, 5) is 1.39.